The molecule has 0 bridgehead atoms. The first kappa shape index (κ1) is 12.8. The maximum atomic E-state index is 10.00. The van der Waals surface area contributed by atoms with Gasteiger partial charge in [-0.15, -0.1) is 0 Å². The van der Waals surface area contributed by atoms with Gasteiger partial charge in [-0.3, -0.25) is 0 Å². The number of hydrogen-bond donors (Lipinski definition) is 1. The van der Waals surface area contributed by atoms with Gasteiger partial charge >= 0.3 is 5.97 Å². The molecule has 0 fully saturated rings. The molecule has 0 amide bonds. The van der Waals surface area contributed by atoms with Crippen LogP contribution in [0.25, 0.3) is 0 Å². The van der Waals surface area contributed by atoms with Crippen LogP contribution in [0.1, 0.15) is 0 Å². The van der Waals surface area contributed by atoms with Crippen LogP contribution in [-0.2, 0) is 4.79 Å². The first-order valence-electron chi connectivity index (χ1n) is 1.24. The van der Waals surface area contributed by atoms with Crippen molar-refractivity contribution in [2.24, 2.45) is 0 Å². The molecule has 0 aliphatic rings. The first-order chi connectivity index (χ1) is 2.94. The summed E-state index contributed by atoms with van der Waals surface area (Å²) in [7, 11) is 0. The van der Waals surface area contributed by atoms with E-state index in [1.54, 1.807) is 0 Å². The maximum Gasteiger partial charge on any atom is 0.339 e. The van der Waals surface area contributed by atoms with Crippen LogP contribution in [0.3, 0.4) is 0 Å². The Balaban J connectivity index is 0. The largest absolute Gasteiger partial charge is 0.479 e. The molecule has 1 N–H and O–H groups in total. The molecule has 0 aromatic heterocycles. The maximum absolute atomic E-state index is 10.00. The van der Waals surface area contributed by atoms with E-state index in [0.29, 0.717) is 0 Å². The molecule has 0 radical (unpaired) electrons. The lowest BCUT2D eigenvalue weighted by atomic mass is 10.8. The summed E-state index contributed by atoms with van der Waals surface area (Å²) < 4.78 is -0.673. The molecule has 0 aromatic carbocycles. The number of aliphatic carboxylic acids is 1. The summed E-state index contributed by atoms with van der Waals surface area (Å²) in [5, 5.41) is 8.23. The van der Waals surface area contributed by atoms with E-state index < -0.39 is 5.40 Å². The minimum Gasteiger partial charge on any atom is -0.479 e. The fourth-order valence-corrected chi connectivity index (χ4v) is 0. The third-order valence-electron chi connectivity index (χ3n) is 0.243. The quantitative estimate of drug-likeness (QED) is 0.353. The number of hydrogen-bond acceptors (Lipinski definition) is 1. The van der Waals surface area contributed by atoms with E-state index in [0.717, 1.165) is 0 Å². The average molecular weight is 468 g/mol. The molecule has 48 valence electrons. The number of alkyl halides is 3. The Morgan fingerprint density at radius 2 is 1.50 bits per heavy atom. The molecule has 0 saturated heterocycles. The van der Waals surface area contributed by atoms with Gasteiger partial charge in [0.1, 0.15) is 0 Å². The van der Waals surface area contributed by atoms with Crippen LogP contribution in [-0.4, -0.2) is 27.9 Å². The smallest absolute Gasteiger partial charge is 0.339 e. The molecular weight excluding hydrogens is 464 g/mol. The van der Waals surface area contributed by atoms with Crippen LogP contribution >= 0.6 is 67.8 Å². The fourth-order valence-electron chi connectivity index (χ4n) is 0. The summed E-state index contributed by atoms with van der Waals surface area (Å²) in [6.45, 7) is 0. The van der Waals surface area contributed by atoms with E-state index in [4.69, 9.17) is 5.11 Å². The van der Waals surface area contributed by atoms with Crippen molar-refractivity contribution in [3.05, 3.63) is 0 Å². The summed E-state index contributed by atoms with van der Waals surface area (Å²) in [5.74, 6) is -0.797. The van der Waals surface area contributed by atoms with Gasteiger partial charge < -0.3 is 5.11 Å². The van der Waals surface area contributed by atoms with Gasteiger partial charge in [-0.25, -0.2) is 4.79 Å². The van der Waals surface area contributed by atoms with Crippen molar-refractivity contribution < 1.29 is 9.90 Å². The van der Waals surface area contributed by atoms with Crippen LogP contribution in [0.5, 0.6) is 0 Å². The SMILES string of the molecule is O=C(O)C(I)(I)I.[AlH3]. The molecular formula is C2H4AlI3O2. The highest BCUT2D eigenvalue weighted by atomic mass is 127. The number of carboxylic acid groups (broad SMARTS) is 1. The predicted octanol–water partition coefficient (Wildman–Crippen LogP) is 0.846. The van der Waals surface area contributed by atoms with Crippen LogP contribution in [0.4, 0.5) is 0 Å². The van der Waals surface area contributed by atoms with Crippen molar-refractivity contribution >= 4 is 91.1 Å². The van der Waals surface area contributed by atoms with Crippen molar-refractivity contribution in [2.45, 2.75) is -0.565 Å². The monoisotopic (exact) mass is 468 g/mol. The average Bonchev–Trinajstić information content (AvgIpc) is 1.31. The second kappa shape index (κ2) is 4.93. The van der Waals surface area contributed by atoms with Crippen LogP contribution < -0.4 is 0 Å². The van der Waals surface area contributed by atoms with E-state index in [-0.39, 0.29) is 17.4 Å². The third kappa shape index (κ3) is 6.31. The van der Waals surface area contributed by atoms with Gasteiger partial charge in [0.05, 0.1) is 0 Å². The zero-order chi connectivity index (χ0) is 6.08. The van der Waals surface area contributed by atoms with Gasteiger partial charge in [-0.2, -0.15) is 0 Å². The normalized spacial score (nSPS) is 9.88. The topological polar surface area (TPSA) is 37.3 Å². The van der Waals surface area contributed by atoms with Crippen molar-refractivity contribution in [3.63, 3.8) is 0 Å². The van der Waals surface area contributed by atoms with E-state index in [1.165, 1.54) is 0 Å². The van der Waals surface area contributed by atoms with Crippen molar-refractivity contribution in [3.8, 4) is 0 Å². The highest BCUT2D eigenvalue weighted by Gasteiger charge is 2.26. The number of halogens is 3. The summed E-state index contributed by atoms with van der Waals surface area (Å²) in [4.78, 5) is 10.00. The van der Waals surface area contributed by atoms with Crippen LogP contribution in [0.15, 0.2) is 0 Å². The lowest BCUT2D eigenvalue weighted by Crippen LogP contribution is -2.14. The number of rotatable bonds is 1. The predicted molar refractivity (Wildman–Crippen MR) is 62.4 cm³/mol. The van der Waals surface area contributed by atoms with E-state index in [1.807, 2.05) is 67.8 Å². The highest BCUT2D eigenvalue weighted by Crippen LogP contribution is 2.35. The lowest BCUT2D eigenvalue weighted by molar-refractivity contribution is -0.134. The standard InChI is InChI=1S/C2HI3O2.Al.3H/c3-2(4,5)1(6)7;;;;/h(H,6,7);;;;. The summed E-state index contributed by atoms with van der Waals surface area (Å²) in [6.07, 6.45) is 0. The Hall–Kier alpha value is 2.19. The van der Waals surface area contributed by atoms with Crippen LogP contribution in [0.2, 0.25) is 0 Å². The van der Waals surface area contributed by atoms with Gasteiger partial charge in [0, 0.05) is 0 Å². The zero-order valence-electron chi connectivity index (χ0n) is 2.99. The molecule has 2 nitrogen and oxygen atoms in total. The fraction of sp³-hybridized carbons (Fsp3) is 0.500. The second-order valence-electron chi connectivity index (χ2n) is 0.803. The molecule has 0 saturated carbocycles. The Morgan fingerprint density at radius 1 is 1.38 bits per heavy atom. The van der Waals surface area contributed by atoms with Crippen LogP contribution in [0, 0.1) is 0 Å². The third-order valence-corrected chi connectivity index (χ3v) is 1.63. The lowest BCUT2D eigenvalue weighted by Gasteiger charge is -2.01. The second-order valence-corrected chi connectivity index (χ2v) is 11.8. The molecule has 8 heavy (non-hydrogen) atoms. The highest BCUT2D eigenvalue weighted by molar-refractivity contribution is 14.3. The van der Waals surface area contributed by atoms with Gasteiger partial charge in [-0.1, -0.05) is 0 Å². The molecule has 0 aromatic rings. The molecule has 0 unspecified atom stereocenters. The van der Waals surface area contributed by atoms with Crippen molar-refractivity contribution in [2.75, 3.05) is 0 Å². The van der Waals surface area contributed by atoms with Crippen molar-refractivity contribution in [1.82, 2.24) is 0 Å². The van der Waals surface area contributed by atoms with E-state index in [9.17, 15) is 4.79 Å². The van der Waals surface area contributed by atoms with E-state index in [2.05, 4.69) is 0 Å². The minimum atomic E-state index is -0.797. The van der Waals surface area contributed by atoms with Gasteiger partial charge in [0.15, 0.2) is 17.4 Å². The molecule has 0 spiro atoms. The summed E-state index contributed by atoms with van der Waals surface area (Å²) in [6, 6.07) is 0. The van der Waals surface area contributed by atoms with Crippen molar-refractivity contribution in [1.29, 1.82) is 0 Å². The Bertz CT molecular complexity index is 87.8. The number of carbonyl (C=O) groups is 1. The first-order valence-corrected chi connectivity index (χ1v) is 4.48. The Kier molecular flexibility index (Phi) is 7.90. The van der Waals surface area contributed by atoms with Gasteiger partial charge in [0.25, 0.3) is 0 Å². The van der Waals surface area contributed by atoms with Gasteiger partial charge in [0.2, 0.25) is -0.565 Å². The summed E-state index contributed by atoms with van der Waals surface area (Å²) in [5.41, 5.74) is 0. The molecule has 0 aliphatic carbocycles. The molecule has 0 atom stereocenters. The molecule has 0 heterocycles. The van der Waals surface area contributed by atoms with Gasteiger partial charge in [-0.05, 0) is 67.8 Å². The summed E-state index contributed by atoms with van der Waals surface area (Å²) >= 11 is 5.52. The molecule has 6 heteroatoms. The van der Waals surface area contributed by atoms with E-state index >= 15 is 0 Å². The Labute approximate surface area is 98.7 Å². The Morgan fingerprint density at radius 3 is 1.50 bits per heavy atom. The zero-order valence-corrected chi connectivity index (χ0v) is 9.46. The number of carboxylic acids is 1. The molecule has 0 rings (SSSR count). The molecule has 0 aliphatic heterocycles. The minimum absolute atomic E-state index is 0.